The maximum Gasteiger partial charge on any atom is 0.0732 e. The molecule has 3 aromatic heterocycles. The summed E-state index contributed by atoms with van der Waals surface area (Å²) in [5, 5.41) is 4.39. The molecule has 0 saturated heterocycles. The molecule has 1 N–H and O–H groups in total. The summed E-state index contributed by atoms with van der Waals surface area (Å²) in [6.45, 7) is 2.06. The van der Waals surface area contributed by atoms with Crippen LogP contribution in [0.5, 0.6) is 0 Å². The van der Waals surface area contributed by atoms with Crippen LogP contribution in [-0.4, -0.2) is 21.5 Å². The van der Waals surface area contributed by atoms with E-state index < -0.39 is 0 Å². The Morgan fingerprint density at radius 1 is 0.909 bits per heavy atom. The molecule has 0 fully saturated rings. The van der Waals surface area contributed by atoms with E-state index in [0.29, 0.717) is 0 Å². The van der Waals surface area contributed by atoms with E-state index in [-0.39, 0.29) is 14.9 Å². The molecule has 0 spiro atoms. The third-order valence-electron chi connectivity index (χ3n) is 3.24. The molecule has 4 rings (SSSR count). The first-order chi connectivity index (χ1) is 9.93. The van der Waals surface area contributed by atoms with Crippen LogP contribution < -0.4 is 5.32 Å². The van der Waals surface area contributed by atoms with Crippen molar-refractivity contribution in [2.24, 2.45) is 0 Å². The van der Waals surface area contributed by atoms with Gasteiger partial charge < -0.3 is 5.32 Å². The van der Waals surface area contributed by atoms with Crippen molar-refractivity contribution in [3.8, 4) is 0 Å². The van der Waals surface area contributed by atoms with Gasteiger partial charge in [-0.25, -0.2) is 0 Å². The molecule has 22 heavy (non-hydrogen) atoms. The Labute approximate surface area is 132 Å². The lowest BCUT2D eigenvalue weighted by molar-refractivity contribution is 0.630. The molecular formula is C18H24N4. The fourth-order valence-corrected chi connectivity index (χ4v) is 2.20. The molecule has 1 aliphatic heterocycles. The Morgan fingerprint density at radius 2 is 1.73 bits per heavy atom. The lowest BCUT2D eigenvalue weighted by Crippen LogP contribution is -2.24. The average molecular weight is 296 g/mol. The van der Waals surface area contributed by atoms with Gasteiger partial charge >= 0.3 is 0 Å². The minimum absolute atomic E-state index is 0. The molecular weight excluding hydrogens is 272 g/mol. The monoisotopic (exact) mass is 296 g/mol. The van der Waals surface area contributed by atoms with Crippen LogP contribution in [0.1, 0.15) is 26.1 Å². The Balaban J connectivity index is 0.000000202. The van der Waals surface area contributed by atoms with Crippen molar-refractivity contribution >= 4 is 10.9 Å². The first-order valence-electron chi connectivity index (χ1n) is 6.72. The van der Waals surface area contributed by atoms with E-state index in [2.05, 4.69) is 26.3 Å². The highest BCUT2D eigenvalue weighted by atomic mass is 14.9. The zero-order valence-corrected chi connectivity index (χ0v) is 11.2. The first kappa shape index (κ1) is 17.7. The van der Waals surface area contributed by atoms with E-state index in [1.807, 2.05) is 36.7 Å². The van der Waals surface area contributed by atoms with Crippen LogP contribution in [0.2, 0.25) is 0 Å². The van der Waals surface area contributed by atoms with Crippen LogP contribution in [0, 0.1) is 0 Å². The number of aromatic nitrogens is 3. The molecule has 0 unspecified atom stereocenters. The molecule has 116 valence electrons. The highest BCUT2D eigenvalue weighted by molar-refractivity contribution is 5.76. The quantitative estimate of drug-likeness (QED) is 0.688. The minimum Gasteiger partial charge on any atom is -0.312 e. The number of rotatable bonds is 0. The Kier molecular flexibility index (Phi) is 7.13. The van der Waals surface area contributed by atoms with Crippen LogP contribution in [0.4, 0.5) is 0 Å². The number of pyridine rings is 3. The SMILES string of the molecule is C.C.c1cnc2c(c1)CNCC2.c1cnc2ccncc2c1. The summed E-state index contributed by atoms with van der Waals surface area (Å²) < 4.78 is 0. The molecule has 4 nitrogen and oxygen atoms in total. The van der Waals surface area contributed by atoms with Crippen LogP contribution in [0.25, 0.3) is 10.9 Å². The number of hydrogen-bond acceptors (Lipinski definition) is 4. The second-order valence-corrected chi connectivity index (χ2v) is 4.61. The van der Waals surface area contributed by atoms with Crippen LogP contribution in [0.3, 0.4) is 0 Å². The predicted octanol–water partition coefficient (Wildman–Crippen LogP) is 3.63. The number of hydrogen-bond donors (Lipinski definition) is 1. The Bertz CT molecular complexity index is 607. The fraction of sp³-hybridized carbons (Fsp3) is 0.278. The standard InChI is InChI=1S/C8H10N2.C8H6N2.2CH4/c2*1-2-7-6-9-5-3-8(7)10-4-1;;/h1-2,4,9H,3,5-6H2;1-6H;2*1H4. The molecule has 4 heterocycles. The lowest BCUT2D eigenvalue weighted by atomic mass is 10.1. The van der Waals surface area contributed by atoms with Gasteiger partial charge in [-0.05, 0) is 29.8 Å². The molecule has 0 atom stereocenters. The summed E-state index contributed by atoms with van der Waals surface area (Å²) >= 11 is 0. The normalized spacial score (nSPS) is 12.0. The van der Waals surface area contributed by atoms with Gasteiger partial charge in [0, 0.05) is 55.4 Å². The molecule has 1 aliphatic rings. The summed E-state index contributed by atoms with van der Waals surface area (Å²) in [6, 6.07) is 9.93. The van der Waals surface area contributed by atoms with E-state index in [4.69, 9.17) is 0 Å². The van der Waals surface area contributed by atoms with Gasteiger partial charge in [-0.3, -0.25) is 15.0 Å². The van der Waals surface area contributed by atoms with Crippen LogP contribution in [-0.2, 0) is 13.0 Å². The number of fused-ring (bicyclic) bond motifs is 2. The van der Waals surface area contributed by atoms with Gasteiger partial charge in [0.25, 0.3) is 0 Å². The summed E-state index contributed by atoms with van der Waals surface area (Å²) in [4.78, 5) is 12.4. The number of nitrogens with one attached hydrogen (secondary N) is 1. The molecule has 3 aromatic rings. The summed E-state index contributed by atoms with van der Waals surface area (Å²) in [5.41, 5.74) is 3.62. The molecule has 0 aliphatic carbocycles. The van der Waals surface area contributed by atoms with Crippen LogP contribution >= 0.6 is 0 Å². The predicted molar refractivity (Wildman–Crippen MR) is 92.6 cm³/mol. The summed E-state index contributed by atoms with van der Waals surface area (Å²) in [6.07, 6.45) is 8.28. The van der Waals surface area contributed by atoms with Gasteiger partial charge in [-0.15, -0.1) is 0 Å². The van der Waals surface area contributed by atoms with Crippen molar-refractivity contribution in [1.82, 2.24) is 20.3 Å². The van der Waals surface area contributed by atoms with Gasteiger partial charge in [-0.2, -0.15) is 0 Å². The third-order valence-corrected chi connectivity index (χ3v) is 3.24. The molecule has 0 saturated carbocycles. The number of nitrogens with zero attached hydrogens (tertiary/aromatic N) is 3. The fourth-order valence-electron chi connectivity index (χ4n) is 2.20. The molecule has 0 amide bonds. The van der Waals surface area contributed by atoms with Crippen molar-refractivity contribution < 1.29 is 0 Å². The zero-order chi connectivity index (χ0) is 13.6. The van der Waals surface area contributed by atoms with Gasteiger partial charge in [0.2, 0.25) is 0 Å². The van der Waals surface area contributed by atoms with Crippen molar-refractivity contribution in [2.75, 3.05) is 6.54 Å². The van der Waals surface area contributed by atoms with Crippen LogP contribution in [0.15, 0.2) is 55.1 Å². The second-order valence-electron chi connectivity index (χ2n) is 4.61. The topological polar surface area (TPSA) is 50.7 Å². The van der Waals surface area contributed by atoms with E-state index in [0.717, 1.165) is 30.4 Å². The first-order valence-corrected chi connectivity index (χ1v) is 6.72. The van der Waals surface area contributed by atoms with Crippen molar-refractivity contribution in [2.45, 2.75) is 27.8 Å². The smallest absolute Gasteiger partial charge is 0.0732 e. The van der Waals surface area contributed by atoms with Crippen molar-refractivity contribution in [3.63, 3.8) is 0 Å². The molecule has 0 radical (unpaired) electrons. The Morgan fingerprint density at radius 3 is 2.55 bits per heavy atom. The average Bonchev–Trinajstić information content (AvgIpc) is 2.56. The van der Waals surface area contributed by atoms with Gasteiger partial charge in [-0.1, -0.05) is 20.9 Å². The van der Waals surface area contributed by atoms with Gasteiger partial charge in [0.05, 0.1) is 5.52 Å². The van der Waals surface area contributed by atoms with E-state index >= 15 is 0 Å². The zero-order valence-electron chi connectivity index (χ0n) is 11.2. The third kappa shape index (κ3) is 4.33. The highest BCUT2D eigenvalue weighted by Crippen LogP contribution is 2.08. The molecule has 0 aromatic carbocycles. The van der Waals surface area contributed by atoms with E-state index in [1.54, 1.807) is 12.4 Å². The minimum atomic E-state index is 0. The van der Waals surface area contributed by atoms with E-state index in [9.17, 15) is 0 Å². The van der Waals surface area contributed by atoms with Crippen molar-refractivity contribution in [1.29, 1.82) is 0 Å². The molecule has 4 heteroatoms. The van der Waals surface area contributed by atoms with Crippen molar-refractivity contribution in [3.05, 3.63) is 66.4 Å². The lowest BCUT2D eigenvalue weighted by Gasteiger charge is -2.14. The van der Waals surface area contributed by atoms with Gasteiger partial charge in [0.1, 0.15) is 0 Å². The summed E-state index contributed by atoms with van der Waals surface area (Å²) in [7, 11) is 0. The second kappa shape index (κ2) is 8.85. The molecule has 0 bridgehead atoms. The largest absolute Gasteiger partial charge is 0.312 e. The Hall–Kier alpha value is -2.33. The van der Waals surface area contributed by atoms with E-state index in [1.165, 1.54) is 11.3 Å². The maximum atomic E-state index is 4.28. The van der Waals surface area contributed by atoms with Gasteiger partial charge in [0.15, 0.2) is 0 Å². The maximum absolute atomic E-state index is 4.28. The summed E-state index contributed by atoms with van der Waals surface area (Å²) in [5.74, 6) is 0. The highest BCUT2D eigenvalue weighted by Gasteiger charge is 2.06.